The lowest BCUT2D eigenvalue weighted by atomic mass is 10.2. The Bertz CT molecular complexity index is 197. The second kappa shape index (κ2) is 5.42. The Hall–Kier alpha value is -1.23. The van der Waals surface area contributed by atoms with Crippen molar-refractivity contribution in [3.63, 3.8) is 0 Å². The highest BCUT2D eigenvalue weighted by atomic mass is 16.3. The fourth-order valence-corrected chi connectivity index (χ4v) is 0.836. The molecule has 5 heteroatoms. The summed E-state index contributed by atoms with van der Waals surface area (Å²) in [4.78, 5) is 25.8. The standard InChI is InChI=1S/C8H14N2O3/c1-6(4-11)8(9-7(2)13)10(3)5-12/h4-7,13H,1-3H3. The molecule has 1 N–H and O–H groups in total. The summed E-state index contributed by atoms with van der Waals surface area (Å²) >= 11 is 0. The quantitative estimate of drug-likeness (QED) is 0.370. The van der Waals surface area contributed by atoms with Crippen molar-refractivity contribution in [1.29, 1.82) is 0 Å². The number of rotatable bonds is 4. The van der Waals surface area contributed by atoms with E-state index < -0.39 is 12.1 Å². The first-order valence-electron chi connectivity index (χ1n) is 3.92. The fraction of sp³-hybridized carbons (Fsp3) is 0.625. The molecule has 0 saturated heterocycles. The Morgan fingerprint density at radius 3 is 2.31 bits per heavy atom. The lowest BCUT2D eigenvalue weighted by Gasteiger charge is -2.17. The maximum absolute atomic E-state index is 10.4. The minimum atomic E-state index is -0.917. The van der Waals surface area contributed by atoms with Crippen LogP contribution in [-0.4, -0.2) is 41.8 Å². The topological polar surface area (TPSA) is 70.0 Å². The molecule has 0 aliphatic carbocycles. The van der Waals surface area contributed by atoms with E-state index in [9.17, 15) is 9.59 Å². The van der Waals surface area contributed by atoms with Crippen molar-refractivity contribution in [2.24, 2.45) is 10.9 Å². The zero-order valence-electron chi connectivity index (χ0n) is 7.97. The maximum atomic E-state index is 10.4. The lowest BCUT2D eigenvalue weighted by molar-refractivity contribution is -0.114. The minimum Gasteiger partial charge on any atom is -0.372 e. The van der Waals surface area contributed by atoms with E-state index in [1.54, 1.807) is 6.92 Å². The molecule has 0 aromatic rings. The van der Waals surface area contributed by atoms with Crippen molar-refractivity contribution in [3.8, 4) is 0 Å². The highest BCUT2D eigenvalue weighted by molar-refractivity contribution is 6.00. The van der Waals surface area contributed by atoms with Crippen LogP contribution in [0.1, 0.15) is 13.8 Å². The Morgan fingerprint density at radius 1 is 1.46 bits per heavy atom. The second-order valence-electron chi connectivity index (χ2n) is 2.76. The van der Waals surface area contributed by atoms with Gasteiger partial charge in [-0.3, -0.25) is 4.79 Å². The average Bonchev–Trinajstić information content (AvgIpc) is 2.11. The van der Waals surface area contributed by atoms with Crippen molar-refractivity contribution in [1.82, 2.24) is 4.90 Å². The Balaban J connectivity index is 4.73. The van der Waals surface area contributed by atoms with E-state index in [1.165, 1.54) is 18.9 Å². The predicted molar refractivity (Wildman–Crippen MR) is 48.2 cm³/mol. The van der Waals surface area contributed by atoms with Crippen LogP contribution in [-0.2, 0) is 9.59 Å². The van der Waals surface area contributed by atoms with Crippen molar-refractivity contribution in [3.05, 3.63) is 0 Å². The molecule has 13 heavy (non-hydrogen) atoms. The SMILES string of the molecule is CC(O)N=C(C(C)C=O)N(C)C=O. The number of carbonyl (C=O) groups is 2. The number of carbonyl (C=O) groups excluding carboxylic acids is 2. The molecule has 0 aromatic carbocycles. The normalized spacial score (nSPS) is 16.2. The molecule has 2 unspecified atom stereocenters. The van der Waals surface area contributed by atoms with Gasteiger partial charge in [0, 0.05) is 7.05 Å². The van der Waals surface area contributed by atoms with Crippen molar-refractivity contribution in [2.75, 3.05) is 7.05 Å². The maximum Gasteiger partial charge on any atom is 0.214 e. The number of nitrogens with zero attached hydrogens (tertiary/aromatic N) is 2. The van der Waals surface area contributed by atoms with Crippen LogP contribution in [0.25, 0.3) is 0 Å². The third-order valence-electron chi connectivity index (χ3n) is 1.45. The van der Waals surface area contributed by atoms with E-state index in [-0.39, 0.29) is 5.84 Å². The van der Waals surface area contributed by atoms with Gasteiger partial charge in [-0.2, -0.15) is 0 Å². The van der Waals surface area contributed by atoms with Crippen LogP contribution in [0.2, 0.25) is 0 Å². The van der Waals surface area contributed by atoms with E-state index in [2.05, 4.69) is 4.99 Å². The molecule has 74 valence electrons. The monoisotopic (exact) mass is 186 g/mol. The number of amides is 1. The summed E-state index contributed by atoms with van der Waals surface area (Å²) in [7, 11) is 1.48. The summed E-state index contributed by atoms with van der Waals surface area (Å²) in [6, 6.07) is 0. The van der Waals surface area contributed by atoms with Gasteiger partial charge >= 0.3 is 0 Å². The average molecular weight is 186 g/mol. The third-order valence-corrected chi connectivity index (χ3v) is 1.45. The number of hydrogen-bond donors (Lipinski definition) is 1. The highest BCUT2D eigenvalue weighted by Crippen LogP contribution is 2.00. The van der Waals surface area contributed by atoms with Crippen LogP contribution in [0.15, 0.2) is 4.99 Å². The van der Waals surface area contributed by atoms with Crippen LogP contribution in [0.5, 0.6) is 0 Å². The molecule has 0 saturated carbocycles. The van der Waals surface area contributed by atoms with Gasteiger partial charge in [-0.1, -0.05) is 0 Å². The Morgan fingerprint density at radius 2 is 2.00 bits per heavy atom. The molecule has 5 nitrogen and oxygen atoms in total. The molecule has 0 aliphatic heterocycles. The second-order valence-corrected chi connectivity index (χ2v) is 2.76. The first kappa shape index (κ1) is 11.8. The van der Waals surface area contributed by atoms with E-state index in [1.807, 2.05) is 0 Å². The molecule has 0 radical (unpaired) electrons. The Kier molecular flexibility index (Phi) is 4.91. The van der Waals surface area contributed by atoms with Gasteiger partial charge in [0.05, 0.1) is 5.92 Å². The van der Waals surface area contributed by atoms with Gasteiger partial charge in [-0.15, -0.1) is 0 Å². The number of aldehydes is 1. The first-order valence-corrected chi connectivity index (χ1v) is 3.92. The largest absolute Gasteiger partial charge is 0.372 e. The van der Waals surface area contributed by atoms with Gasteiger partial charge in [0.1, 0.15) is 18.3 Å². The predicted octanol–water partition coefficient (Wildman–Crippen LogP) is -0.354. The molecule has 0 spiro atoms. The van der Waals surface area contributed by atoms with Crippen LogP contribution < -0.4 is 0 Å². The minimum absolute atomic E-state index is 0.264. The van der Waals surface area contributed by atoms with Crippen molar-refractivity contribution < 1.29 is 14.7 Å². The first-order chi connectivity index (χ1) is 6.02. The molecule has 0 aliphatic rings. The van der Waals surface area contributed by atoms with E-state index in [4.69, 9.17) is 5.11 Å². The zero-order chi connectivity index (χ0) is 10.4. The summed E-state index contributed by atoms with van der Waals surface area (Å²) in [5.41, 5.74) is 0. The summed E-state index contributed by atoms with van der Waals surface area (Å²) in [5.74, 6) is -0.232. The van der Waals surface area contributed by atoms with Crippen LogP contribution >= 0.6 is 0 Å². The lowest BCUT2D eigenvalue weighted by Crippen LogP contribution is -2.32. The van der Waals surface area contributed by atoms with E-state index >= 15 is 0 Å². The highest BCUT2D eigenvalue weighted by Gasteiger charge is 2.14. The molecule has 0 rings (SSSR count). The number of aliphatic imine (C=N–C) groups is 1. The molecule has 1 amide bonds. The molecule has 0 bridgehead atoms. The third kappa shape index (κ3) is 3.80. The van der Waals surface area contributed by atoms with E-state index in [0.29, 0.717) is 12.7 Å². The van der Waals surface area contributed by atoms with Gasteiger partial charge in [-0.05, 0) is 13.8 Å². The number of hydrogen-bond acceptors (Lipinski definition) is 4. The van der Waals surface area contributed by atoms with Crippen LogP contribution in [0.4, 0.5) is 0 Å². The fourth-order valence-electron chi connectivity index (χ4n) is 0.836. The molecular weight excluding hydrogens is 172 g/mol. The number of aliphatic hydroxyl groups is 1. The van der Waals surface area contributed by atoms with Crippen molar-refractivity contribution >= 4 is 18.5 Å². The molecule has 0 fully saturated rings. The molecular formula is C8H14N2O3. The summed E-state index contributed by atoms with van der Waals surface area (Å²) in [6.45, 7) is 3.06. The van der Waals surface area contributed by atoms with Crippen molar-refractivity contribution in [2.45, 2.75) is 20.1 Å². The molecule has 0 heterocycles. The van der Waals surface area contributed by atoms with Gasteiger partial charge in [-0.25, -0.2) is 4.99 Å². The Labute approximate surface area is 77.1 Å². The molecule has 0 aromatic heterocycles. The van der Waals surface area contributed by atoms with Gasteiger partial charge in [0.15, 0.2) is 0 Å². The van der Waals surface area contributed by atoms with E-state index in [0.717, 1.165) is 0 Å². The van der Waals surface area contributed by atoms with Gasteiger partial charge in [0.2, 0.25) is 6.41 Å². The number of aliphatic hydroxyl groups excluding tert-OH is 1. The van der Waals surface area contributed by atoms with Crippen LogP contribution in [0.3, 0.4) is 0 Å². The number of amidine groups is 1. The van der Waals surface area contributed by atoms with Gasteiger partial charge in [0.25, 0.3) is 0 Å². The smallest absolute Gasteiger partial charge is 0.214 e. The van der Waals surface area contributed by atoms with Gasteiger partial charge < -0.3 is 14.8 Å². The molecule has 2 atom stereocenters. The van der Waals surface area contributed by atoms with Crippen LogP contribution in [0, 0.1) is 5.92 Å². The zero-order valence-corrected chi connectivity index (χ0v) is 7.97. The summed E-state index contributed by atoms with van der Waals surface area (Å²) in [5, 5.41) is 8.97. The summed E-state index contributed by atoms with van der Waals surface area (Å²) in [6.07, 6.45) is 0.294. The summed E-state index contributed by atoms with van der Waals surface area (Å²) < 4.78 is 0.